The summed E-state index contributed by atoms with van der Waals surface area (Å²) in [7, 11) is 1.38. The first-order valence-corrected chi connectivity index (χ1v) is 10.6. The largest absolute Gasteiger partial charge is 0.503 e. The van der Waals surface area contributed by atoms with Gasteiger partial charge in [-0.2, -0.15) is 0 Å². The minimum absolute atomic E-state index is 0.123. The highest BCUT2D eigenvalue weighted by Crippen LogP contribution is 2.29. The fourth-order valence-electron chi connectivity index (χ4n) is 3.46. The van der Waals surface area contributed by atoms with Gasteiger partial charge in [0.1, 0.15) is 18.0 Å². The Hall–Kier alpha value is -3.09. The molecule has 0 saturated carbocycles. The predicted molar refractivity (Wildman–Crippen MR) is 117 cm³/mol. The third-order valence-electron chi connectivity index (χ3n) is 5.24. The van der Waals surface area contributed by atoms with Gasteiger partial charge in [0.25, 0.3) is 0 Å². The van der Waals surface area contributed by atoms with Gasteiger partial charge in [0.05, 0.1) is 13.5 Å². The summed E-state index contributed by atoms with van der Waals surface area (Å²) in [6, 6.07) is 10.9. The molecule has 1 aromatic carbocycles. The van der Waals surface area contributed by atoms with Crippen LogP contribution in [0.3, 0.4) is 0 Å². The fraction of sp³-hybridized carbons (Fsp3) is 0.458. The molecule has 0 amide bonds. The number of hydrogen-bond donors (Lipinski definition) is 1. The lowest BCUT2D eigenvalue weighted by Gasteiger charge is -2.31. The first-order chi connectivity index (χ1) is 14.9. The lowest BCUT2D eigenvalue weighted by atomic mass is 9.93. The molecule has 31 heavy (non-hydrogen) atoms. The number of pyridine rings is 1. The first kappa shape index (κ1) is 24.2. The number of rotatable bonds is 12. The van der Waals surface area contributed by atoms with Crippen molar-refractivity contribution in [3.05, 3.63) is 48.3 Å². The number of ketones is 1. The number of nitrogens with zero attached hydrogens (tertiary/aromatic N) is 1. The third kappa shape index (κ3) is 6.70. The van der Waals surface area contributed by atoms with Gasteiger partial charge >= 0.3 is 5.97 Å². The smallest absolute Gasteiger partial charge is 0.306 e. The Morgan fingerprint density at radius 3 is 2.35 bits per heavy atom. The zero-order valence-corrected chi connectivity index (χ0v) is 18.5. The van der Waals surface area contributed by atoms with Gasteiger partial charge in [0.15, 0.2) is 23.0 Å². The predicted octanol–water partition coefficient (Wildman–Crippen LogP) is 4.57. The molecular weight excluding hydrogens is 398 g/mol. The van der Waals surface area contributed by atoms with Gasteiger partial charge in [-0.1, -0.05) is 32.0 Å². The molecule has 0 radical (unpaired) electrons. The molecule has 0 bridgehead atoms. The SMILES string of the molecule is CCC(CC)[C@@H](Oc1ccccc1)[C@H](C)OC(=O)CCC(=O)c1nccc(OC)c1O. The summed E-state index contributed by atoms with van der Waals surface area (Å²) in [5.74, 6) is -0.212. The van der Waals surface area contributed by atoms with Crippen LogP contribution in [-0.4, -0.2) is 41.2 Å². The van der Waals surface area contributed by atoms with E-state index in [0.29, 0.717) is 0 Å². The molecule has 1 heterocycles. The van der Waals surface area contributed by atoms with Crippen LogP contribution in [0.2, 0.25) is 0 Å². The van der Waals surface area contributed by atoms with E-state index < -0.39 is 17.9 Å². The van der Waals surface area contributed by atoms with Crippen LogP contribution in [0.15, 0.2) is 42.6 Å². The van der Waals surface area contributed by atoms with Crippen molar-refractivity contribution in [3.8, 4) is 17.2 Å². The summed E-state index contributed by atoms with van der Waals surface area (Å²) in [6.45, 7) is 5.97. The van der Waals surface area contributed by atoms with E-state index in [1.807, 2.05) is 30.3 Å². The average molecular weight is 430 g/mol. The number of Topliss-reactive ketones (excluding diaryl/α,β-unsaturated/α-hetero) is 1. The van der Waals surface area contributed by atoms with Crippen LogP contribution in [0.5, 0.6) is 17.2 Å². The van der Waals surface area contributed by atoms with Gasteiger partial charge in [-0.05, 0) is 37.8 Å². The van der Waals surface area contributed by atoms with Crippen LogP contribution >= 0.6 is 0 Å². The second kappa shape index (κ2) is 11.9. The van der Waals surface area contributed by atoms with Crippen LogP contribution in [0.1, 0.15) is 56.9 Å². The molecule has 0 saturated heterocycles. The topological polar surface area (TPSA) is 95.0 Å². The van der Waals surface area contributed by atoms with Crippen molar-refractivity contribution in [1.29, 1.82) is 0 Å². The molecule has 0 unspecified atom stereocenters. The maximum atomic E-state index is 12.4. The summed E-state index contributed by atoms with van der Waals surface area (Å²) in [5, 5.41) is 10.1. The minimum atomic E-state index is -0.504. The van der Waals surface area contributed by atoms with E-state index in [1.165, 1.54) is 19.4 Å². The Labute approximate surface area is 183 Å². The number of methoxy groups -OCH3 is 1. The number of aromatic hydroxyl groups is 1. The number of benzene rings is 1. The lowest BCUT2D eigenvalue weighted by Crippen LogP contribution is -2.39. The molecule has 2 rings (SSSR count). The highest BCUT2D eigenvalue weighted by Gasteiger charge is 2.30. The van der Waals surface area contributed by atoms with E-state index in [-0.39, 0.29) is 42.1 Å². The van der Waals surface area contributed by atoms with Gasteiger partial charge < -0.3 is 19.3 Å². The normalized spacial score (nSPS) is 12.8. The van der Waals surface area contributed by atoms with Crippen molar-refractivity contribution in [3.63, 3.8) is 0 Å². The molecule has 0 aliphatic carbocycles. The molecule has 0 aliphatic heterocycles. The monoisotopic (exact) mass is 429 g/mol. The minimum Gasteiger partial charge on any atom is -0.503 e. The van der Waals surface area contributed by atoms with Crippen LogP contribution in [-0.2, 0) is 9.53 Å². The average Bonchev–Trinajstić information content (AvgIpc) is 2.78. The quantitative estimate of drug-likeness (QED) is 0.390. The van der Waals surface area contributed by atoms with Gasteiger partial charge in [-0.3, -0.25) is 9.59 Å². The van der Waals surface area contributed by atoms with Crippen molar-refractivity contribution >= 4 is 11.8 Å². The third-order valence-corrected chi connectivity index (χ3v) is 5.24. The fourth-order valence-corrected chi connectivity index (χ4v) is 3.46. The van der Waals surface area contributed by atoms with E-state index in [4.69, 9.17) is 14.2 Å². The van der Waals surface area contributed by atoms with E-state index in [1.54, 1.807) is 6.92 Å². The number of hydrogen-bond acceptors (Lipinski definition) is 7. The van der Waals surface area contributed by atoms with Crippen molar-refractivity contribution in [2.45, 2.75) is 58.7 Å². The van der Waals surface area contributed by atoms with Crippen molar-refractivity contribution in [1.82, 2.24) is 4.98 Å². The van der Waals surface area contributed by atoms with Crippen LogP contribution in [0.25, 0.3) is 0 Å². The highest BCUT2D eigenvalue weighted by atomic mass is 16.6. The van der Waals surface area contributed by atoms with Crippen LogP contribution < -0.4 is 9.47 Å². The zero-order chi connectivity index (χ0) is 22.8. The molecule has 7 nitrogen and oxygen atoms in total. The van der Waals surface area contributed by atoms with E-state index in [9.17, 15) is 14.7 Å². The molecule has 2 atom stereocenters. The van der Waals surface area contributed by atoms with Crippen molar-refractivity contribution < 1.29 is 28.9 Å². The molecule has 1 N–H and O–H groups in total. The maximum absolute atomic E-state index is 12.4. The summed E-state index contributed by atoms with van der Waals surface area (Å²) < 4.78 is 16.7. The van der Waals surface area contributed by atoms with Gasteiger partial charge in [0.2, 0.25) is 0 Å². The number of para-hydroxylation sites is 1. The van der Waals surface area contributed by atoms with Gasteiger partial charge in [-0.25, -0.2) is 4.98 Å². The molecule has 7 heteroatoms. The number of aromatic nitrogens is 1. The van der Waals surface area contributed by atoms with Crippen LogP contribution in [0, 0.1) is 5.92 Å². The Bertz CT molecular complexity index is 850. The van der Waals surface area contributed by atoms with Crippen molar-refractivity contribution in [2.75, 3.05) is 7.11 Å². The van der Waals surface area contributed by atoms with Crippen LogP contribution in [0.4, 0.5) is 0 Å². The maximum Gasteiger partial charge on any atom is 0.306 e. The summed E-state index contributed by atoms with van der Waals surface area (Å²) >= 11 is 0. The lowest BCUT2D eigenvalue weighted by molar-refractivity contribution is -0.154. The Morgan fingerprint density at radius 2 is 1.74 bits per heavy atom. The molecule has 0 fully saturated rings. The number of carbonyl (C=O) groups excluding carboxylic acids is 2. The first-order valence-electron chi connectivity index (χ1n) is 10.6. The molecule has 168 valence electrons. The van der Waals surface area contributed by atoms with E-state index in [0.717, 1.165) is 18.6 Å². The highest BCUT2D eigenvalue weighted by molar-refractivity contribution is 5.98. The number of esters is 1. The second-order valence-electron chi connectivity index (χ2n) is 7.30. The van der Waals surface area contributed by atoms with Gasteiger partial charge in [-0.15, -0.1) is 0 Å². The molecule has 0 spiro atoms. The zero-order valence-electron chi connectivity index (χ0n) is 18.5. The molecular formula is C24H31NO6. The summed E-state index contributed by atoms with van der Waals surface area (Å²) in [5.41, 5.74) is -0.123. The summed E-state index contributed by atoms with van der Waals surface area (Å²) in [4.78, 5) is 28.7. The Morgan fingerprint density at radius 1 is 1.06 bits per heavy atom. The summed E-state index contributed by atoms with van der Waals surface area (Å²) in [6.07, 6.45) is 2.09. The van der Waals surface area contributed by atoms with E-state index in [2.05, 4.69) is 18.8 Å². The number of carbonyl (C=O) groups is 2. The van der Waals surface area contributed by atoms with E-state index >= 15 is 0 Å². The Balaban J connectivity index is 1.99. The molecule has 0 aliphatic rings. The second-order valence-corrected chi connectivity index (χ2v) is 7.30. The number of ether oxygens (including phenoxy) is 3. The Kier molecular flexibility index (Phi) is 9.31. The standard InChI is InChI=1S/C24H31NO6/c1-5-17(6-2)24(31-18-10-8-7-9-11-18)16(3)30-21(27)13-12-19(26)22-23(28)20(29-4)14-15-25-22/h7-11,14-17,24,28H,5-6,12-13H2,1-4H3/t16-,24-/m0/s1. The van der Waals surface area contributed by atoms with Gasteiger partial charge in [0, 0.05) is 18.7 Å². The molecule has 2 aromatic rings. The van der Waals surface area contributed by atoms with Crippen molar-refractivity contribution in [2.24, 2.45) is 5.92 Å². The molecule has 1 aromatic heterocycles.